The molecule has 3 aromatic rings. The smallest absolute Gasteiger partial charge is 0.329 e. The van der Waals surface area contributed by atoms with Gasteiger partial charge >= 0.3 is 5.97 Å². The number of carbonyl (C=O) groups excluding carboxylic acids is 4. The standard InChI is InChI=1S/C38H47N3O8.CH4/c1-6-38(2,3)35(43)36(44)41-21-8-7-12-30(41)37(45)49-31(19-13-25-14-20-32(46-4)33(22-25)47-5)26-10-9-11-29(23-26)48-24-34(42)40-28-17-15-27(39)16-18-28;/h9-11,14-18,20,22-23,30-31H,6-8,12-13,19,21,24,39H2,1-5H3,(H,40,42);1H4/t30?,31-;/m1./s1. The van der Waals surface area contributed by atoms with E-state index in [9.17, 15) is 19.2 Å². The molecular weight excluding hydrogens is 638 g/mol. The Morgan fingerprint density at radius 1 is 0.960 bits per heavy atom. The zero-order chi connectivity index (χ0) is 35.6. The van der Waals surface area contributed by atoms with Crippen LogP contribution in [0.25, 0.3) is 0 Å². The molecule has 4 rings (SSSR count). The number of rotatable bonds is 15. The number of nitrogens with two attached hydrogens (primary N) is 1. The van der Waals surface area contributed by atoms with Crippen molar-refractivity contribution in [2.24, 2.45) is 5.41 Å². The molecule has 50 heavy (non-hydrogen) atoms. The highest BCUT2D eigenvalue weighted by Gasteiger charge is 2.41. The highest BCUT2D eigenvalue weighted by atomic mass is 16.5. The minimum Gasteiger partial charge on any atom is -0.493 e. The number of esters is 1. The van der Waals surface area contributed by atoms with Gasteiger partial charge in [0.2, 0.25) is 5.78 Å². The molecule has 0 radical (unpaired) electrons. The number of likely N-dealkylation sites (tertiary alicyclic amines) is 1. The quantitative estimate of drug-likeness (QED) is 0.103. The maximum Gasteiger partial charge on any atom is 0.329 e. The molecule has 1 saturated heterocycles. The normalized spacial score (nSPS) is 14.8. The number of aryl methyl sites for hydroxylation is 1. The van der Waals surface area contributed by atoms with Gasteiger partial charge in [-0.2, -0.15) is 0 Å². The summed E-state index contributed by atoms with van der Waals surface area (Å²) in [4.78, 5) is 54.3. The van der Waals surface area contributed by atoms with Gasteiger partial charge in [0.15, 0.2) is 18.1 Å². The summed E-state index contributed by atoms with van der Waals surface area (Å²) in [5, 5.41) is 2.76. The number of amides is 2. The minimum atomic E-state index is -0.877. The van der Waals surface area contributed by atoms with Crippen LogP contribution in [-0.4, -0.2) is 61.9 Å². The van der Waals surface area contributed by atoms with Crippen LogP contribution in [0.1, 0.15) is 77.5 Å². The van der Waals surface area contributed by atoms with Crippen molar-refractivity contribution in [1.82, 2.24) is 4.90 Å². The Hall–Kier alpha value is -5.06. The summed E-state index contributed by atoms with van der Waals surface area (Å²) in [7, 11) is 3.14. The number of hydrogen-bond acceptors (Lipinski definition) is 9. The summed E-state index contributed by atoms with van der Waals surface area (Å²) in [6.45, 7) is 5.41. The van der Waals surface area contributed by atoms with Crippen LogP contribution >= 0.6 is 0 Å². The Bertz CT molecular complexity index is 1620. The van der Waals surface area contributed by atoms with Crippen LogP contribution in [-0.2, 0) is 30.3 Å². The maximum absolute atomic E-state index is 13.9. The molecule has 1 fully saturated rings. The Morgan fingerprint density at radius 3 is 2.36 bits per heavy atom. The lowest BCUT2D eigenvalue weighted by molar-refractivity contribution is -0.164. The van der Waals surface area contributed by atoms with Crippen molar-refractivity contribution in [2.45, 2.75) is 78.9 Å². The summed E-state index contributed by atoms with van der Waals surface area (Å²) in [6, 6.07) is 18.6. The fourth-order valence-corrected chi connectivity index (χ4v) is 5.56. The fraction of sp³-hybridized carbons (Fsp3) is 0.436. The van der Waals surface area contributed by atoms with Gasteiger partial charge in [-0.1, -0.05) is 46.4 Å². The van der Waals surface area contributed by atoms with E-state index in [-0.39, 0.29) is 19.9 Å². The molecule has 0 saturated carbocycles. The molecular formula is C39H51N3O8. The monoisotopic (exact) mass is 689 g/mol. The van der Waals surface area contributed by atoms with E-state index in [2.05, 4.69) is 5.32 Å². The molecule has 2 amide bonds. The van der Waals surface area contributed by atoms with Gasteiger partial charge in [-0.05, 0) is 98.2 Å². The van der Waals surface area contributed by atoms with Gasteiger partial charge in [0.1, 0.15) is 17.9 Å². The van der Waals surface area contributed by atoms with Crippen LogP contribution in [0.3, 0.4) is 0 Å². The van der Waals surface area contributed by atoms with Crippen LogP contribution in [0.4, 0.5) is 11.4 Å². The molecule has 2 atom stereocenters. The molecule has 1 heterocycles. The van der Waals surface area contributed by atoms with Crippen LogP contribution in [0.5, 0.6) is 17.2 Å². The zero-order valence-electron chi connectivity index (χ0n) is 29.0. The van der Waals surface area contributed by atoms with Crippen LogP contribution in [0, 0.1) is 5.41 Å². The van der Waals surface area contributed by atoms with Crippen LogP contribution in [0.2, 0.25) is 0 Å². The van der Waals surface area contributed by atoms with Gasteiger partial charge in [0.25, 0.3) is 11.8 Å². The zero-order valence-corrected chi connectivity index (χ0v) is 29.0. The Labute approximate surface area is 295 Å². The molecule has 0 bridgehead atoms. The summed E-state index contributed by atoms with van der Waals surface area (Å²) in [6.07, 6.45) is 2.51. The van der Waals surface area contributed by atoms with Crippen LogP contribution in [0.15, 0.2) is 66.7 Å². The molecule has 1 aliphatic heterocycles. The number of methoxy groups -OCH3 is 2. The molecule has 3 N–H and O–H groups in total. The molecule has 3 aromatic carbocycles. The second-order valence-electron chi connectivity index (χ2n) is 12.8. The first-order valence-corrected chi connectivity index (χ1v) is 16.6. The number of nitrogens with zero attached hydrogens (tertiary/aromatic N) is 1. The number of piperidine rings is 1. The summed E-state index contributed by atoms with van der Waals surface area (Å²) in [5.41, 5.74) is 7.66. The first-order valence-electron chi connectivity index (χ1n) is 16.6. The van der Waals surface area contributed by atoms with Crippen molar-refractivity contribution in [3.63, 3.8) is 0 Å². The van der Waals surface area contributed by atoms with E-state index in [1.807, 2.05) is 31.2 Å². The molecule has 1 unspecified atom stereocenters. The number of ether oxygens (including phenoxy) is 4. The summed E-state index contributed by atoms with van der Waals surface area (Å²) >= 11 is 0. The number of benzene rings is 3. The number of ketones is 1. The minimum absolute atomic E-state index is 0. The highest BCUT2D eigenvalue weighted by Crippen LogP contribution is 2.32. The van der Waals surface area contributed by atoms with Gasteiger partial charge in [0.05, 0.1) is 14.2 Å². The van der Waals surface area contributed by atoms with Crippen molar-refractivity contribution in [3.8, 4) is 17.2 Å². The van der Waals surface area contributed by atoms with Gasteiger partial charge in [0, 0.05) is 23.3 Å². The number of Topliss-reactive ketones (excluding diaryl/α,β-unsaturated/α-hetero) is 1. The average Bonchev–Trinajstić information content (AvgIpc) is 3.12. The number of nitrogen functional groups attached to an aromatic ring is 1. The number of carbonyl (C=O) groups is 4. The van der Waals surface area contributed by atoms with Crippen molar-refractivity contribution in [2.75, 3.05) is 38.4 Å². The molecule has 270 valence electrons. The van der Waals surface area contributed by atoms with Crippen molar-refractivity contribution < 1.29 is 38.1 Å². The fourth-order valence-electron chi connectivity index (χ4n) is 5.56. The Balaban J connectivity index is 0.00000676. The van der Waals surface area contributed by atoms with E-state index in [4.69, 9.17) is 24.7 Å². The van der Waals surface area contributed by atoms with Crippen molar-refractivity contribution >= 4 is 34.9 Å². The topological polar surface area (TPSA) is 146 Å². The van der Waals surface area contributed by atoms with E-state index in [1.165, 1.54) is 4.90 Å². The van der Waals surface area contributed by atoms with E-state index in [0.717, 1.165) is 12.0 Å². The number of nitrogens with one attached hydrogen (secondary N) is 1. The predicted octanol–water partition coefficient (Wildman–Crippen LogP) is 6.54. The molecule has 0 spiro atoms. The first kappa shape index (κ1) is 39.4. The second-order valence-corrected chi connectivity index (χ2v) is 12.8. The second kappa shape index (κ2) is 18.1. The first-order chi connectivity index (χ1) is 23.4. The van der Waals surface area contributed by atoms with Gasteiger partial charge in [-0.3, -0.25) is 14.4 Å². The van der Waals surface area contributed by atoms with Crippen molar-refractivity contribution in [1.29, 1.82) is 0 Å². The average molecular weight is 690 g/mol. The third kappa shape index (κ3) is 10.2. The van der Waals surface area contributed by atoms with Gasteiger partial charge in [-0.25, -0.2) is 4.79 Å². The largest absolute Gasteiger partial charge is 0.493 e. The molecule has 0 aliphatic carbocycles. The number of anilines is 2. The summed E-state index contributed by atoms with van der Waals surface area (Å²) in [5.74, 6) is -0.484. The molecule has 11 nitrogen and oxygen atoms in total. The lowest BCUT2D eigenvalue weighted by Crippen LogP contribution is -2.53. The SMILES string of the molecule is C.CCC(C)(C)C(=O)C(=O)N1CCCCC1C(=O)O[C@H](CCc1ccc(OC)c(OC)c1)c1cccc(OCC(=O)Nc2ccc(N)cc2)c1. The maximum atomic E-state index is 13.9. The highest BCUT2D eigenvalue weighted by molar-refractivity contribution is 6.38. The van der Waals surface area contributed by atoms with E-state index < -0.39 is 35.2 Å². The van der Waals surface area contributed by atoms with Gasteiger partial charge < -0.3 is 34.9 Å². The predicted molar refractivity (Wildman–Crippen MR) is 193 cm³/mol. The third-order valence-corrected chi connectivity index (χ3v) is 8.92. The van der Waals surface area contributed by atoms with E-state index >= 15 is 0 Å². The summed E-state index contributed by atoms with van der Waals surface area (Å²) < 4.78 is 22.9. The number of hydrogen-bond donors (Lipinski definition) is 2. The van der Waals surface area contributed by atoms with Gasteiger partial charge in [-0.15, -0.1) is 0 Å². The molecule has 0 aromatic heterocycles. The lowest BCUT2D eigenvalue weighted by atomic mass is 9.84. The van der Waals surface area contributed by atoms with Crippen LogP contribution < -0.4 is 25.3 Å². The van der Waals surface area contributed by atoms with E-state index in [1.54, 1.807) is 70.5 Å². The third-order valence-electron chi connectivity index (χ3n) is 8.92. The Morgan fingerprint density at radius 2 is 1.68 bits per heavy atom. The van der Waals surface area contributed by atoms with E-state index in [0.29, 0.717) is 72.8 Å². The molecule has 1 aliphatic rings. The lowest BCUT2D eigenvalue weighted by Gasteiger charge is -2.36. The van der Waals surface area contributed by atoms with Crippen molar-refractivity contribution in [3.05, 3.63) is 77.9 Å². The Kier molecular flexibility index (Phi) is 14.2. The molecule has 11 heteroatoms.